The third-order valence-electron chi connectivity index (χ3n) is 5.81. The highest BCUT2D eigenvalue weighted by atomic mass is 32.2. The Balaban J connectivity index is 1.48. The van der Waals surface area contributed by atoms with Crippen LogP contribution in [0.4, 0.5) is 21.5 Å². The highest BCUT2D eigenvalue weighted by Gasteiger charge is 2.61. The van der Waals surface area contributed by atoms with E-state index >= 15 is 0 Å². The summed E-state index contributed by atoms with van der Waals surface area (Å²) >= 11 is 1.18. The normalized spacial score (nSPS) is 19.0. The fourth-order valence-electron chi connectivity index (χ4n) is 4.35. The Morgan fingerprint density at radius 2 is 1.85 bits per heavy atom. The van der Waals surface area contributed by atoms with Crippen LogP contribution in [0.25, 0.3) is 0 Å². The summed E-state index contributed by atoms with van der Waals surface area (Å²) in [5, 5.41) is 2.78. The van der Waals surface area contributed by atoms with Crippen molar-refractivity contribution in [1.29, 1.82) is 0 Å². The topological polar surface area (TPSA) is 79.0 Å². The summed E-state index contributed by atoms with van der Waals surface area (Å²) in [5.74, 6) is -0.905. The molecular weight excluding hydrogens is 457 g/mol. The first-order valence-electron chi connectivity index (χ1n) is 10.5. The molecule has 1 spiro atoms. The summed E-state index contributed by atoms with van der Waals surface area (Å²) in [6.07, 6.45) is 0. The Labute approximate surface area is 199 Å². The zero-order valence-electron chi connectivity index (χ0n) is 18.2. The molecule has 0 bridgehead atoms. The van der Waals surface area contributed by atoms with Crippen molar-refractivity contribution in [3.05, 3.63) is 84.2 Å². The number of rotatable bonds is 5. The molecule has 3 aromatic carbocycles. The number of carbonyl (C=O) groups is 3. The molecule has 1 atom stereocenters. The minimum absolute atomic E-state index is 0.0580. The van der Waals surface area contributed by atoms with E-state index in [9.17, 15) is 18.8 Å². The van der Waals surface area contributed by atoms with Gasteiger partial charge in [-0.1, -0.05) is 24.3 Å². The summed E-state index contributed by atoms with van der Waals surface area (Å²) in [6, 6.07) is 19.5. The van der Waals surface area contributed by atoms with Gasteiger partial charge in [0.2, 0.25) is 16.7 Å². The van der Waals surface area contributed by atoms with Crippen molar-refractivity contribution in [3.8, 4) is 5.75 Å². The largest absolute Gasteiger partial charge is 0.497 e. The lowest BCUT2D eigenvalue weighted by Crippen LogP contribution is -2.50. The number of ether oxygens (including phenoxy) is 1. The number of hydrogen-bond acceptors (Lipinski definition) is 5. The zero-order valence-corrected chi connectivity index (χ0v) is 19.0. The van der Waals surface area contributed by atoms with Crippen LogP contribution in [0, 0.1) is 5.82 Å². The number of thioether (sulfide) groups is 1. The van der Waals surface area contributed by atoms with Crippen LogP contribution in [-0.4, -0.2) is 37.1 Å². The average Bonchev–Trinajstić information content (AvgIpc) is 3.30. The Bertz CT molecular complexity index is 1300. The maximum atomic E-state index is 14.0. The number of amides is 3. The van der Waals surface area contributed by atoms with Gasteiger partial charge in [0.25, 0.3) is 5.91 Å². The van der Waals surface area contributed by atoms with Crippen LogP contribution in [0.2, 0.25) is 0 Å². The van der Waals surface area contributed by atoms with Crippen molar-refractivity contribution in [2.45, 2.75) is 4.87 Å². The molecule has 1 saturated heterocycles. The second-order valence-electron chi connectivity index (χ2n) is 7.83. The summed E-state index contributed by atoms with van der Waals surface area (Å²) < 4.78 is 19.1. The highest BCUT2D eigenvalue weighted by molar-refractivity contribution is 8.02. The molecule has 5 rings (SSSR count). The molecule has 2 heterocycles. The van der Waals surface area contributed by atoms with Gasteiger partial charge in [-0.3, -0.25) is 24.2 Å². The van der Waals surface area contributed by atoms with E-state index in [0.29, 0.717) is 28.4 Å². The molecular formula is C25H20FN3O4S. The Morgan fingerprint density at radius 3 is 2.59 bits per heavy atom. The highest BCUT2D eigenvalue weighted by Crippen LogP contribution is 2.55. The number of halogens is 1. The van der Waals surface area contributed by atoms with E-state index in [-0.39, 0.29) is 18.2 Å². The van der Waals surface area contributed by atoms with Gasteiger partial charge in [0.05, 0.1) is 18.6 Å². The molecule has 1 unspecified atom stereocenters. The van der Waals surface area contributed by atoms with Crippen molar-refractivity contribution in [1.82, 2.24) is 0 Å². The standard InChI is InChI=1S/C25H20FN3O4S/c1-33-19-11-9-17(10-12-19)27-22(30)14-28-21-8-3-2-7-20(21)25(24(28)32)29(23(31)15-34-25)18-6-4-5-16(26)13-18/h2-13H,14-15H2,1H3,(H,27,30). The number of hydrogen-bond donors (Lipinski definition) is 1. The first-order chi connectivity index (χ1) is 16.4. The Morgan fingerprint density at radius 1 is 1.09 bits per heavy atom. The minimum atomic E-state index is -1.40. The van der Waals surface area contributed by atoms with Crippen molar-refractivity contribution in [2.75, 3.05) is 34.5 Å². The second-order valence-corrected chi connectivity index (χ2v) is 9.00. The van der Waals surface area contributed by atoms with Crippen LogP contribution in [0.5, 0.6) is 5.75 Å². The number of para-hydroxylation sites is 1. The van der Waals surface area contributed by atoms with E-state index in [2.05, 4.69) is 5.32 Å². The fraction of sp³-hybridized carbons (Fsp3) is 0.160. The number of methoxy groups -OCH3 is 1. The van der Waals surface area contributed by atoms with Crippen LogP contribution < -0.4 is 19.9 Å². The Kier molecular flexibility index (Phi) is 5.49. The van der Waals surface area contributed by atoms with Crippen molar-refractivity contribution in [3.63, 3.8) is 0 Å². The van der Waals surface area contributed by atoms with Crippen LogP contribution >= 0.6 is 11.8 Å². The minimum Gasteiger partial charge on any atom is -0.497 e. The molecule has 9 heteroatoms. The van der Waals surface area contributed by atoms with E-state index in [0.717, 1.165) is 0 Å². The van der Waals surface area contributed by atoms with E-state index < -0.39 is 22.5 Å². The zero-order chi connectivity index (χ0) is 23.9. The summed E-state index contributed by atoms with van der Waals surface area (Å²) in [4.78, 5) is 41.0. The monoisotopic (exact) mass is 477 g/mol. The van der Waals surface area contributed by atoms with Crippen molar-refractivity contribution in [2.24, 2.45) is 0 Å². The molecule has 3 amide bonds. The van der Waals surface area contributed by atoms with E-state index in [4.69, 9.17) is 4.74 Å². The third kappa shape index (κ3) is 3.49. The summed E-state index contributed by atoms with van der Waals surface area (Å²) in [7, 11) is 1.55. The molecule has 1 N–H and O–H groups in total. The van der Waals surface area contributed by atoms with Gasteiger partial charge >= 0.3 is 0 Å². The van der Waals surface area contributed by atoms with E-state index in [1.807, 2.05) is 0 Å². The molecule has 1 fully saturated rings. The van der Waals surface area contributed by atoms with Gasteiger partial charge in [0, 0.05) is 16.9 Å². The summed E-state index contributed by atoms with van der Waals surface area (Å²) in [5.41, 5.74) is 1.99. The van der Waals surface area contributed by atoms with Crippen LogP contribution in [0.15, 0.2) is 72.8 Å². The average molecular weight is 478 g/mol. The Hall–Kier alpha value is -3.85. The van der Waals surface area contributed by atoms with Gasteiger partial charge in [-0.2, -0.15) is 0 Å². The quantitative estimate of drug-likeness (QED) is 0.606. The third-order valence-corrected chi connectivity index (χ3v) is 7.19. The number of carbonyl (C=O) groups excluding carboxylic acids is 3. The molecule has 0 aromatic heterocycles. The van der Waals surface area contributed by atoms with Crippen LogP contribution in [0.1, 0.15) is 5.56 Å². The maximum Gasteiger partial charge on any atom is 0.269 e. The molecule has 0 aliphatic carbocycles. The molecule has 2 aliphatic heterocycles. The van der Waals surface area contributed by atoms with Crippen molar-refractivity contribution >= 4 is 46.5 Å². The van der Waals surface area contributed by atoms with E-state index in [1.54, 1.807) is 61.7 Å². The first kappa shape index (κ1) is 22.0. The number of fused-ring (bicyclic) bond motifs is 2. The molecule has 3 aromatic rings. The number of nitrogens with zero attached hydrogens (tertiary/aromatic N) is 2. The van der Waals surface area contributed by atoms with Gasteiger partial charge in [0.15, 0.2) is 0 Å². The number of anilines is 3. The lowest BCUT2D eigenvalue weighted by Gasteiger charge is -2.33. The van der Waals surface area contributed by atoms with Gasteiger partial charge in [0.1, 0.15) is 18.1 Å². The molecule has 7 nitrogen and oxygen atoms in total. The molecule has 0 saturated carbocycles. The van der Waals surface area contributed by atoms with Gasteiger partial charge < -0.3 is 10.1 Å². The molecule has 34 heavy (non-hydrogen) atoms. The van der Waals surface area contributed by atoms with Crippen molar-refractivity contribution < 1.29 is 23.5 Å². The van der Waals surface area contributed by atoms with Gasteiger partial charge in [-0.15, -0.1) is 11.8 Å². The van der Waals surface area contributed by atoms with Crippen LogP contribution in [0.3, 0.4) is 0 Å². The molecule has 0 radical (unpaired) electrons. The molecule has 172 valence electrons. The van der Waals surface area contributed by atoms with Crippen LogP contribution in [-0.2, 0) is 19.3 Å². The predicted molar refractivity (Wildman–Crippen MR) is 128 cm³/mol. The lowest BCUT2D eigenvalue weighted by molar-refractivity contribution is -0.124. The first-order valence-corrected chi connectivity index (χ1v) is 11.5. The predicted octanol–water partition coefficient (Wildman–Crippen LogP) is 3.75. The van der Waals surface area contributed by atoms with E-state index in [1.165, 1.54) is 39.8 Å². The maximum absolute atomic E-state index is 14.0. The number of nitrogens with one attached hydrogen (secondary N) is 1. The summed E-state index contributed by atoms with van der Waals surface area (Å²) in [6.45, 7) is -0.241. The van der Waals surface area contributed by atoms with Gasteiger partial charge in [-0.05, 0) is 48.5 Å². The molecule has 2 aliphatic rings. The smallest absolute Gasteiger partial charge is 0.269 e. The fourth-order valence-corrected chi connectivity index (χ4v) is 5.71. The lowest BCUT2D eigenvalue weighted by atomic mass is 10.0. The SMILES string of the molecule is COc1ccc(NC(=O)CN2C(=O)C3(SCC(=O)N3c3cccc(F)c3)c3ccccc32)cc1. The van der Waals surface area contributed by atoms with Gasteiger partial charge in [-0.25, -0.2) is 4.39 Å². The number of benzene rings is 3. The second kappa shape index (κ2) is 8.49.